The summed E-state index contributed by atoms with van der Waals surface area (Å²) in [5.74, 6) is 0. The van der Waals surface area contributed by atoms with E-state index in [9.17, 15) is 0 Å². The van der Waals surface area contributed by atoms with Crippen LogP contribution in [0.25, 0.3) is 22.5 Å². The zero-order valence-corrected chi connectivity index (χ0v) is 11.5. The van der Waals surface area contributed by atoms with Gasteiger partial charge in [-0.05, 0) is 23.6 Å². The predicted molar refractivity (Wildman–Crippen MR) is 79.6 cm³/mol. The number of anilines is 1. The minimum atomic E-state index is 0.886. The number of aromatic amines is 1. The van der Waals surface area contributed by atoms with E-state index in [-0.39, 0.29) is 0 Å². The van der Waals surface area contributed by atoms with E-state index in [0.717, 1.165) is 23.4 Å². The number of aromatic nitrogens is 2. The maximum atomic E-state index is 5.57. The second-order valence-corrected chi connectivity index (χ2v) is 5.72. The predicted octanol–water partition coefficient (Wildman–Crippen LogP) is 4.28. The lowest BCUT2D eigenvalue weighted by Crippen LogP contribution is -1.86. The van der Waals surface area contributed by atoms with E-state index in [1.807, 2.05) is 35.6 Å². The third kappa shape index (κ3) is 1.60. The van der Waals surface area contributed by atoms with E-state index < -0.39 is 0 Å². The first-order valence-electron chi connectivity index (χ1n) is 5.98. The third-order valence-electron chi connectivity index (χ3n) is 3.49. The van der Waals surface area contributed by atoms with Gasteiger partial charge in [-0.25, -0.2) is 0 Å². The molecule has 0 saturated heterocycles. The average molecular weight is 288 g/mol. The molecule has 0 fully saturated rings. The molecule has 0 amide bonds. The van der Waals surface area contributed by atoms with Crippen LogP contribution in [-0.2, 0) is 6.42 Å². The fourth-order valence-corrected chi connectivity index (χ4v) is 3.57. The molecule has 5 heteroatoms. The molecule has 1 aliphatic rings. The zero-order valence-electron chi connectivity index (χ0n) is 9.90. The van der Waals surface area contributed by atoms with Crippen molar-refractivity contribution in [3.63, 3.8) is 0 Å². The van der Waals surface area contributed by atoms with Gasteiger partial charge in [-0.2, -0.15) is 5.10 Å². The Balaban J connectivity index is 1.80. The molecule has 0 unspecified atom stereocenters. The maximum absolute atomic E-state index is 5.57. The van der Waals surface area contributed by atoms with Crippen LogP contribution in [0.1, 0.15) is 10.4 Å². The number of fused-ring (bicyclic) bond motifs is 3. The molecule has 0 bridgehead atoms. The number of benzene rings is 1. The summed E-state index contributed by atoms with van der Waals surface area (Å²) in [7, 11) is 0. The average Bonchev–Trinajstić information content (AvgIpc) is 3.10. The van der Waals surface area contributed by atoms with Gasteiger partial charge in [-0.3, -0.25) is 9.93 Å². The number of rotatable bonds is 2. The second kappa shape index (κ2) is 4.11. The first kappa shape index (κ1) is 11.1. The van der Waals surface area contributed by atoms with Gasteiger partial charge in [0, 0.05) is 45.5 Å². The summed E-state index contributed by atoms with van der Waals surface area (Å²) in [4.78, 5) is 4.03. The van der Waals surface area contributed by atoms with Gasteiger partial charge in [0.1, 0.15) is 0 Å². The van der Waals surface area contributed by atoms with Gasteiger partial charge in [0.2, 0.25) is 0 Å². The molecule has 0 atom stereocenters. The number of hydrogen-bond donors (Lipinski definition) is 2. The summed E-state index contributed by atoms with van der Waals surface area (Å²) in [5, 5.41) is 9.77. The maximum Gasteiger partial charge on any atom is 0.0962 e. The van der Waals surface area contributed by atoms with E-state index in [1.54, 1.807) is 0 Å². The second-order valence-electron chi connectivity index (χ2n) is 4.53. The van der Waals surface area contributed by atoms with Crippen LogP contribution >= 0.6 is 23.1 Å². The highest BCUT2D eigenvalue weighted by Gasteiger charge is 2.25. The topological polar surface area (TPSA) is 40.7 Å². The Bertz CT molecular complexity index is 742. The van der Waals surface area contributed by atoms with Gasteiger partial charge in [0.15, 0.2) is 0 Å². The van der Waals surface area contributed by atoms with Gasteiger partial charge in [0.05, 0.1) is 11.4 Å². The van der Waals surface area contributed by atoms with Crippen molar-refractivity contribution in [1.29, 1.82) is 0 Å². The monoisotopic (exact) mass is 287 g/mol. The molecule has 2 N–H and O–H groups in total. The molecule has 0 radical (unpaired) electrons. The standard InChI is InChI=1S/C14H10ClN3S/c15-16-9-3-1-8(2-4-9)13-11-7-12-10(5-6-19-12)14(11)18-17-13/h1-6,16H,7H2,(H,17,18). The molecule has 0 spiro atoms. The molecule has 3 aromatic rings. The van der Waals surface area contributed by atoms with E-state index >= 15 is 0 Å². The lowest BCUT2D eigenvalue weighted by molar-refractivity contribution is 1.10. The smallest absolute Gasteiger partial charge is 0.0962 e. The fraction of sp³-hybridized carbons (Fsp3) is 0.0714. The van der Waals surface area contributed by atoms with Crippen LogP contribution in [0.15, 0.2) is 35.7 Å². The highest BCUT2D eigenvalue weighted by Crippen LogP contribution is 2.42. The Morgan fingerprint density at radius 1 is 1.21 bits per heavy atom. The van der Waals surface area contributed by atoms with Gasteiger partial charge >= 0.3 is 0 Å². The summed E-state index contributed by atoms with van der Waals surface area (Å²) in [5.41, 5.74) is 6.82. The summed E-state index contributed by atoms with van der Waals surface area (Å²) < 4.78 is 0. The molecule has 94 valence electrons. The number of hydrogen-bond acceptors (Lipinski definition) is 3. The number of nitrogens with zero attached hydrogens (tertiary/aromatic N) is 1. The van der Waals surface area contributed by atoms with Crippen molar-refractivity contribution in [3.05, 3.63) is 46.2 Å². The number of nitrogens with one attached hydrogen (secondary N) is 2. The van der Waals surface area contributed by atoms with E-state index in [1.165, 1.54) is 21.7 Å². The lowest BCUT2D eigenvalue weighted by Gasteiger charge is -2.01. The summed E-state index contributed by atoms with van der Waals surface area (Å²) >= 11 is 7.38. The Morgan fingerprint density at radius 2 is 2.05 bits per heavy atom. The largest absolute Gasteiger partial charge is 0.299 e. The van der Waals surface area contributed by atoms with Crippen molar-refractivity contribution < 1.29 is 0 Å². The van der Waals surface area contributed by atoms with Crippen molar-refractivity contribution in [2.75, 3.05) is 4.84 Å². The van der Waals surface area contributed by atoms with Crippen LogP contribution in [0.3, 0.4) is 0 Å². The molecule has 0 saturated carbocycles. The Kier molecular flexibility index (Phi) is 2.40. The highest BCUT2D eigenvalue weighted by molar-refractivity contribution is 7.10. The fourth-order valence-electron chi connectivity index (χ4n) is 2.55. The molecular weight excluding hydrogens is 278 g/mol. The molecule has 19 heavy (non-hydrogen) atoms. The molecule has 2 heterocycles. The molecule has 2 aromatic heterocycles. The van der Waals surface area contributed by atoms with Crippen molar-refractivity contribution in [2.24, 2.45) is 0 Å². The van der Waals surface area contributed by atoms with Crippen molar-refractivity contribution in [1.82, 2.24) is 10.2 Å². The normalized spacial score (nSPS) is 12.3. The van der Waals surface area contributed by atoms with Crippen molar-refractivity contribution >= 4 is 28.8 Å². The molecule has 0 aliphatic heterocycles. The summed E-state index contributed by atoms with van der Waals surface area (Å²) in [6.07, 6.45) is 0.976. The van der Waals surface area contributed by atoms with Crippen LogP contribution in [0, 0.1) is 0 Å². The third-order valence-corrected chi connectivity index (χ3v) is 4.63. The molecular formula is C14H10ClN3S. The molecule has 1 aliphatic carbocycles. The van der Waals surface area contributed by atoms with Crippen LogP contribution in [-0.4, -0.2) is 10.2 Å². The minimum absolute atomic E-state index is 0.886. The summed E-state index contributed by atoms with van der Waals surface area (Å²) in [6.45, 7) is 0. The van der Waals surface area contributed by atoms with Gasteiger partial charge < -0.3 is 0 Å². The first-order chi connectivity index (χ1) is 9.36. The van der Waals surface area contributed by atoms with Crippen LogP contribution in [0.5, 0.6) is 0 Å². The van der Waals surface area contributed by atoms with E-state index in [2.05, 4.69) is 26.5 Å². The number of H-pyrrole nitrogens is 1. The van der Waals surface area contributed by atoms with Crippen molar-refractivity contribution in [2.45, 2.75) is 6.42 Å². The summed E-state index contributed by atoms with van der Waals surface area (Å²) in [6, 6.07) is 10.1. The SMILES string of the molecule is ClNc1ccc(-c2n[nH]c3c2Cc2sccc2-3)cc1. The van der Waals surface area contributed by atoms with Crippen LogP contribution in [0.2, 0.25) is 0 Å². The quantitative estimate of drug-likeness (QED) is 0.540. The van der Waals surface area contributed by atoms with Crippen LogP contribution in [0.4, 0.5) is 5.69 Å². The Morgan fingerprint density at radius 3 is 2.84 bits per heavy atom. The highest BCUT2D eigenvalue weighted by atomic mass is 35.5. The van der Waals surface area contributed by atoms with Crippen molar-refractivity contribution in [3.8, 4) is 22.5 Å². The number of thiophene rings is 1. The first-order valence-corrected chi connectivity index (χ1v) is 7.23. The van der Waals surface area contributed by atoms with Gasteiger partial charge in [-0.15, -0.1) is 11.3 Å². The Hall–Kier alpha value is -1.78. The van der Waals surface area contributed by atoms with Gasteiger partial charge in [-0.1, -0.05) is 12.1 Å². The minimum Gasteiger partial charge on any atom is -0.299 e. The lowest BCUT2D eigenvalue weighted by atomic mass is 10.1. The molecule has 4 rings (SSSR count). The molecule has 3 nitrogen and oxygen atoms in total. The van der Waals surface area contributed by atoms with Crippen LogP contribution < -0.4 is 4.84 Å². The Labute approximate surface area is 119 Å². The molecule has 1 aromatic carbocycles. The van der Waals surface area contributed by atoms with Gasteiger partial charge in [0.25, 0.3) is 0 Å². The van der Waals surface area contributed by atoms with E-state index in [4.69, 9.17) is 11.8 Å². The number of halogens is 1. The van der Waals surface area contributed by atoms with E-state index in [0.29, 0.717) is 0 Å². The zero-order chi connectivity index (χ0) is 12.8.